The van der Waals surface area contributed by atoms with Gasteiger partial charge in [-0.2, -0.15) is 0 Å². The second kappa shape index (κ2) is 12.4. The lowest BCUT2D eigenvalue weighted by Gasteiger charge is -2.24. The Hall–Kier alpha value is -1.07. The first-order valence-corrected chi connectivity index (χ1v) is 12.5. The lowest BCUT2D eigenvalue weighted by atomic mass is 10.5. The van der Waals surface area contributed by atoms with Crippen molar-refractivity contribution in [2.45, 2.75) is 24.9 Å². The fourth-order valence-electron chi connectivity index (χ4n) is 2.48. The van der Waals surface area contributed by atoms with E-state index in [9.17, 15) is 0 Å². The number of anilines is 2. The largest absolute Gasteiger partial charge is 0.500 e. The lowest BCUT2D eigenvalue weighted by molar-refractivity contribution is 0.122. The predicted octanol–water partition coefficient (Wildman–Crippen LogP) is 1.43. The quantitative estimate of drug-likeness (QED) is 0.296. The Labute approximate surface area is 162 Å². The molecule has 0 radical (unpaired) electrons. The number of nitrogens with zero attached hydrogens (tertiary/aromatic N) is 2. The molecule has 0 aliphatic heterocycles. The smallest absolute Gasteiger partial charge is 0.390 e. The minimum Gasteiger partial charge on any atom is -0.390 e. The molecular formula is C14H32N4O7Si2. The standard InChI is InChI=1S/C14H32N4O7Si2/c1-19-26(20-2,21-3)11-7-9-15-13-17-18-14(25-13)16-10-8-12-27(22-4,23-5)24-6/h7-12H2,1-6H3,(H,15,17)(H,16,18). The topological polar surface area (TPSA) is 118 Å². The van der Waals surface area contributed by atoms with E-state index < -0.39 is 17.6 Å². The maximum Gasteiger partial charge on any atom is 0.500 e. The Morgan fingerprint density at radius 1 is 0.667 bits per heavy atom. The molecule has 1 aromatic rings. The molecule has 0 aromatic carbocycles. The molecule has 0 atom stereocenters. The van der Waals surface area contributed by atoms with Crippen molar-refractivity contribution in [2.24, 2.45) is 0 Å². The van der Waals surface area contributed by atoms with Gasteiger partial charge in [0.2, 0.25) is 0 Å². The number of nitrogens with one attached hydrogen (secondary N) is 2. The molecule has 0 saturated heterocycles. The van der Waals surface area contributed by atoms with Crippen LogP contribution in [0.4, 0.5) is 12.0 Å². The summed E-state index contributed by atoms with van der Waals surface area (Å²) < 4.78 is 37.8. The molecule has 11 nitrogen and oxygen atoms in total. The second-order valence-electron chi connectivity index (χ2n) is 5.56. The molecule has 0 amide bonds. The van der Waals surface area contributed by atoms with Crippen LogP contribution in [0, 0.1) is 0 Å². The molecule has 2 N–H and O–H groups in total. The van der Waals surface area contributed by atoms with Crippen LogP contribution in [-0.4, -0.2) is 83.6 Å². The van der Waals surface area contributed by atoms with E-state index in [-0.39, 0.29) is 0 Å². The molecule has 0 unspecified atom stereocenters. The molecule has 0 spiro atoms. The fraction of sp³-hybridized carbons (Fsp3) is 0.857. The van der Waals surface area contributed by atoms with Crippen LogP contribution in [0.25, 0.3) is 0 Å². The molecule has 0 saturated carbocycles. The van der Waals surface area contributed by atoms with Crippen LogP contribution in [0.3, 0.4) is 0 Å². The molecule has 13 heteroatoms. The molecule has 0 bridgehead atoms. The van der Waals surface area contributed by atoms with Gasteiger partial charge in [0.25, 0.3) is 0 Å². The van der Waals surface area contributed by atoms with E-state index in [1.54, 1.807) is 42.7 Å². The third-order valence-corrected chi connectivity index (χ3v) is 9.83. The van der Waals surface area contributed by atoms with Gasteiger partial charge in [-0.25, -0.2) is 0 Å². The SMILES string of the molecule is CO[Si](CCCNc1nnc(NCCC[Si](OC)(OC)OC)o1)(OC)OC. The van der Waals surface area contributed by atoms with E-state index in [4.69, 9.17) is 31.0 Å². The summed E-state index contributed by atoms with van der Waals surface area (Å²) in [6.45, 7) is 1.27. The molecule has 1 heterocycles. The van der Waals surface area contributed by atoms with Crippen LogP contribution in [0.15, 0.2) is 4.42 Å². The van der Waals surface area contributed by atoms with Crippen LogP contribution in [0.1, 0.15) is 12.8 Å². The molecule has 0 aliphatic rings. The van der Waals surface area contributed by atoms with Crippen molar-refractivity contribution in [1.82, 2.24) is 10.2 Å². The van der Waals surface area contributed by atoms with Gasteiger partial charge in [-0.05, 0) is 12.8 Å². The summed E-state index contributed by atoms with van der Waals surface area (Å²) in [5.74, 6) is 0. The van der Waals surface area contributed by atoms with Gasteiger partial charge in [0.15, 0.2) is 0 Å². The first-order chi connectivity index (χ1) is 13.0. The highest BCUT2D eigenvalue weighted by Crippen LogP contribution is 2.17. The van der Waals surface area contributed by atoms with Crippen molar-refractivity contribution >= 4 is 29.6 Å². The zero-order valence-electron chi connectivity index (χ0n) is 17.0. The van der Waals surface area contributed by atoms with E-state index >= 15 is 0 Å². The maximum atomic E-state index is 5.50. The Balaban J connectivity index is 2.29. The zero-order valence-corrected chi connectivity index (χ0v) is 19.0. The van der Waals surface area contributed by atoms with E-state index in [0.717, 1.165) is 12.8 Å². The summed E-state index contributed by atoms with van der Waals surface area (Å²) in [6, 6.07) is 2.08. The van der Waals surface area contributed by atoms with Gasteiger partial charge in [0.1, 0.15) is 0 Å². The van der Waals surface area contributed by atoms with E-state index in [2.05, 4.69) is 20.8 Å². The van der Waals surface area contributed by atoms with Crippen molar-refractivity contribution < 1.29 is 31.0 Å². The molecular weight excluding hydrogens is 392 g/mol. The molecule has 27 heavy (non-hydrogen) atoms. The Kier molecular flexibility index (Phi) is 11.0. The van der Waals surface area contributed by atoms with Crippen molar-refractivity contribution in [1.29, 1.82) is 0 Å². The van der Waals surface area contributed by atoms with Crippen molar-refractivity contribution in [3.05, 3.63) is 0 Å². The van der Waals surface area contributed by atoms with Crippen LogP contribution in [-0.2, 0) is 26.6 Å². The fourth-order valence-corrected chi connectivity index (χ4v) is 5.92. The van der Waals surface area contributed by atoms with Crippen LogP contribution >= 0.6 is 0 Å². The number of hydrogen-bond acceptors (Lipinski definition) is 11. The van der Waals surface area contributed by atoms with Crippen LogP contribution in [0.5, 0.6) is 0 Å². The minimum atomic E-state index is -2.54. The highest BCUT2D eigenvalue weighted by Gasteiger charge is 2.37. The monoisotopic (exact) mass is 424 g/mol. The van der Waals surface area contributed by atoms with Gasteiger partial charge in [-0.1, -0.05) is 10.2 Å². The first-order valence-electron chi connectivity index (χ1n) is 8.64. The van der Waals surface area contributed by atoms with E-state index in [1.807, 2.05) is 0 Å². The van der Waals surface area contributed by atoms with Crippen LogP contribution < -0.4 is 10.6 Å². The van der Waals surface area contributed by atoms with Crippen molar-refractivity contribution in [3.8, 4) is 0 Å². The summed E-state index contributed by atoms with van der Waals surface area (Å²) in [4.78, 5) is 0. The summed E-state index contributed by atoms with van der Waals surface area (Å²) in [5.41, 5.74) is 0. The maximum absolute atomic E-state index is 5.50. The summed E-state index contributed by atoms with van der Waals surface area (Å²) in [5, 5.41) is 14.0. The van der Waals surface area contributed by atoms with E-state index in [0.29, 0.717) is 37.2 Å². The predicted molar refractivity (Wildman–Crippen MR) is 104 cm³/mol. The van der Waals surface area contributed by atoms with Gasteiger partial charge in [-0.15, -0.1) is 0 Å². The Morgan fingerprint density at radius 2 is 1.00 bits per heavy atom. The Morgan fingerprint density at radius 3 is 1.30 bits per heavy atom. The lowest BCUT2D eigenvalue weighted by Crippen LogP contribution is -2.42. The summed E-state index contributed by atoms with van der Waals surface area (Å²) >= 11 is 0. The number of aromatic nitrogens is 2. The van der Waals surface area contributed by atoms with E-state index in [1.165, 1.54) is 0 Å². The molecule has 0 aliphatic carbocycles. The average Bonchev–Trinajstić information content (AvgIpc) is 3.17. The van der Waals surface area contributed by atoms with Crippen molar-refractivity contribution in [2.75, 3.05) is 66.4 Å². The second-order valence-corrected chi connectivity index (χ2v) is 11.7. The normalized spacial score (nSPS) is 12.4. The van der Waals surface area contributed by atoms with Crippen LogP contribution in [0.2, 0.25) is 12.1 Å². The Bertz CT molecular complexity index is 456. The highest BCUT2D eigenvalue weighted by molar-refractivity contribution is 6.60. The first kappa shape index (κ1) is 24.0. The van der Waals surface area contributed by atoms with Crippen molar-refractivity contribution in [3.63, 3.8) is 0 Å². The summed E-state index contributed by atoms with van der Waals surface area (Å²) in [6.07, 6.45) is 1.56. The average molecular weight is 425 g/mol. The third kappa shape index (κ3) is 7.46. The molecule has 1 rings (SSSR count). The van der Waals surface area contributed by atoms with Gasteiger partial charge in [0.05, 0.1) is 0 Å². The molecule has 1 aromatic heterocycles. The van der Waals surface area contributed by atoms with Gasteiger partial charge >= 0.3 is 29.6 Å². The molecule has 0 fully saturated rings. The zero-order chi connectivity index (χ0) is 20.2. The summed E-state index contributed by atoms with van der Waals surface area (Å²) in [7, 11) is 4.50. The van der Waals surface area contributed by atoms with Gasteiger partial charge < -0.3 is 41.6 Å². The number of rotatable bonds is 16. The minimum absolute atomic E-state index is 0.353. The van der Waals surface area contributed by atoms with Gasteiger partial charge in [-0.3, -0.25) is 0 Å². The highest BCUT2D eigenvalue weighted by atomic mass is 28.4. The molecule has 158 valence electrons. The third-order valence-electron chi connectivity index (χ3n) is 4.16. The number of hydrogen-bond donors (Lipinski definition) is 2. The van der Waals surface area contributed by atoms with Gasteiger partial charge in [0, 0.05) is 67.8 Å².